The molecule has 1 atom stereocenters. The van der Waals surface area contributed by atoms with E-state index in [1.807, 2.05) is 66.7 Å². The summed E-state index contributed by atoms with van der Waals surface area (Å²) >= 11 is 6.12. The molecule has 0 saturated heterocycles. The van der Waals surface area contributed by atoms with E-state index in [4.69, 9.17) is 16.3 Å². The van der Waals surface area contributed by atoms with Crippen LogP contribution in [0.3, 0.4) is 0 Å². The minimum absolute atomic E-state index is 0.168. The largest absolute Gasteiger partial charge is 0.457 e. The second-order valence-electron chi connectivity index (χ2n) is 6.25. The number of carbonyl (C=O) groups excluding carboxylic acids is 1. The van der Waals surface area contributed by atoms with Crippen LogP contribution in [0.4, 0.5) is 0 Å². The van der Waals surface area contributed by atoms with Crippen molar-refractivity contribution in [1.82, 2.24) is 0 Å². The van der Waals surface area contributed by atoms with Gasteiger partial charge in [0.05, 0.1) is 6.16 Å². The molecule has 0 bridgehead atoms. The molecule has 27 heavy (non-hydrogen) atoms. The van der Waals surface area contributed by atoms with Crippen LogP contribution in [-0.2, 0) is 14.1 Å². The Morgan fingerprint density at radius 3 is 1.96 bits per heavy atom. The first kappa shape index (κ1) is 19.4. The number of halogens is 1. The summed E-state index contributed by atoms with van der Waals surface area (Å²) in [5.74, 6) is -0.423. The van der Waals surface area contributed by atoms with Gasteiger partial charge in [-0.3, -0.25) is 4.79 Å². The van der Waals surface area contributed by atoms with Crippen molar-refractivity contribution in [3.8, 4) is 0 Å². The molecule has 1 unspecified atom stereocenters. The van der Waals surface area contributed by atoms with Crippen molar-refractivity contribution < 1.29 is 14.1 Å². The average molecular weight is 399 g/mol. The predicted molar refractivity (Wildman–Crippen MR) is 111 cm³/mol. The summed E-state index contributed by atoms with van der Waals surface area (Å²) in [6, 6.07) is 25.8. The highest BCUT2D eigenvalue weighted by Gasteiger charge is 2.33. The normalized spacial score (nSPS) is 12.4. The molecule has 138 valence electrons. The molecule has 0 amide bonds. The van der Waals surface area contributed by atoms with E-state index in [9.17, 15) is 9.36 Å². The fraction of sp³-hybridized carbons (Fsp3) is 0.136. The molecule has 0 fully saturated rings. The second kappa shape index (κ2) is 8.56. The van der Waals surface area contributed by atoms with Gasteiger partial charge in [0.1, 0.15) is 13.2 Å². The van der Waals surface area contributed by atoms with Crippen molar-refractivity contribution in [1.29, 1.82) is 0 Å². The van der Waals surface area contributed by atoms with Gasteiger partial charge in [-0.15, -0.1) is 0 Å². The smallest absolute Gasteiger partial charge is 0.303 e. The van der Waals surface area contributed by atoms with Gasteiger partial charge in [0.25, 0.3) is 0 Å². The van der Waals surface area contributed by atoms with Crippen molar-refractivity contribution in [2.24, 2.45) is 0 Å². The first-order valence-electron chi connectivity index (χ1n) is 8.62. The summed E-state index contributed by atoms with van der Waals surface area (Å²) in [7, 11) is -3.04. The molecule has 0 saturated carbocycles. The topological polar surface area (TPSA) is 43.4 Å². The third kappa shape index (κ3) is 4.68. The Morgan fingerprint density at radius 1 is 0.926 bits per heavy atom. The lowest BCUT2D eigenvalue weighted by molar-refractivity contribution is -0.145. The van der Waals surface area contributed by atoms with Crippen molar-refractivity contribution in [3.63, 3.8) is 0 Å². The van der Waals surface area contributed by atoms with E-state index < -0.39 is 19.2 Å². The zero-order chi connectivity index (χ0) is 19.3. The van der Waals surface area contributed by atoms with Gasteiger partial charge < -0.3 is 9.30 Å². The van der Waals surface area contributed by atoms with Crippen LogP contribution >= 0.6 is 18.7 Å². The second-order valence-corrected chi connectivity index (χ2v) is 9.56. The molecule has 0 aliphatic carbocycles. The Balaban J connectivity index is 2.08. The van der Waals surface area contributed by atoms with Crippen molar-refractivity contribution in [2.75, 3.05) is 6.16 Å². The van der Waals surface area contributed by atoms with E-state index in [1.165, 1.54) is 6.92 Å². The maximum atomic E-state index is 14.2. The molecule has 3 aromatic carbocycles. The van der Waals surface area contributed by atoms with Gasteiger partial charge >= 0.3 is 5.97 Å². The number of hydrogen-bond donors (Lipinski definition) is 0. The van der Waals surface area contributed by atoms with E-state index in [2.05, 4.69) is 0 Å². The Labute approximate surface area is 164 Å². The average Bonchev–Trinajstić information content (AvgIpc) is 2.68. The lowest BCUT2D eigenvalue weighted by Gasteiger charge is -2.25. The Hall–Kier alpha value is -2.35. The molecule has 0 aliphatic heterocycles. The van der Waals surface area contributed by atoms with Gasteiger partial charge in [-0.1, -0.05) is 84.4 Å². The number of esters is 1. The molecule has 0 N–H and O–H groups in total. The molecule has 5 heteroatoms. The molecule has 3 nitrogen and oxygen atoms in total. The third-order valence-corrected chi connectivity index (χ3v) is 7.64. The van der Waals surface area contributed by atoms with Crippen molar-refractivity contribution in [2.45, 2.75) is 13.0 Å². The zero-order valence-electron chi connectivity index (χ0n) is 14.9. The number of carbonyl (C=O) groups is 1. The van der Waals surface area contributed by atoms with Gasteiger partial charge in [-0.2, -0.15) is 0 Å². The lowest BCUT2D eigenvalue weighted by Crippen LogP contribution is -2.23. The quantitative estimate of drug-likeness (QED) is 0.435. The summed E-state index contributed by atoms with van der Waals surface area (Å²) in [6.07, 6.45) is -0.492. The Bertz CT molecular complexity index is 914. The molecule has 0 aliphatic rings. The number of ether oxygens (including phenoxy) is 1. The van der Waals surface area contributed by atoms with Crippen LogP contribution in [0.15, 0.2) is 84.9 Å². The number of benzene rings is 3. The van der Waals surface area contributed by atoms with Crippen LogP contribution in [-0.4, -0.2) is 12.1 Å². The fourth-order valence-corrected chi connectivity index (χ4v) is 6.03. The number of hydrogen-bond acceptors (Lipinski definition) is 3. The van der Waals surface area contributed by atoms with Crippen LogP contribution in [0.1, 0.15) is 18.6 Å². The standard InChI is InChI=1S/C22H20ClO3P/c1-17(24)26-22(18-9-8-10-19(23)15-18)16-27(25,20-11-4-2-5-12-20)21-13-6-3-7-14-21/h2-15,22H,16H2,1H3. The van der Waals surface area contributed by atoms with E-state index in [0.29, 0.717) is 5.02 Å². The fourth-order valence-electron chi connectivity index (χ4n) is 3.05. The molecular weight excluding hydrogens is 379 g/mol. The summed E-state index contributed by atoms with van der Waals surface area (Å²) in [6.45, 7) is 1.35. The molecule has 0 spiro atoms. The predicted octanol–water partition coefficient (Wildman–Crippen LogP) is 4.96. The van der Waals surface area contributed by atoms with E-state index in [-0.39, 0.29) is 6.16 Å². The van der Waals surface area contributed by atoms with Crippen LogP contribution in [0, 0.1) is 0 Å². The minimum Gasteiger partial charge on any atom is -0.457 e. The first-order valence-corrected chi connectivity index (χ1v) is 10.9. The van der Waals surface area contributed by atoms with Gasteiger partial charge in [-0.25, -0.2) is 0 Å². The summed E-state index contributed by atoms with van der Waals surface area (Å²) in [4.78, 5) is 11.7. The van der Waals surface area contributed by atoms with Gasteiger partial charge in [0, 0.05) is 22.6 Å². The molecule has 0 heterocycles. The molecule has 0 radical (unpaired) electrons. The maximum absolute atomic E-state index is 14.2. The Morgan fingerprint density at radius 2 is 1.48 bits per heavy atom. The minimum atomic E-state index is -3.04. The van der Waals surface area contributed by atoms with Gasteiger partial charge in [-0.05, 0) is 17.7 Å². The summed E-state index contributed by atoms with van der Waals surface area (Å²) < 4.78 is 19.8. The Kier molecular flexibility index (Phi) is 6.15. The van der Waals surface area contributed by atoms with Gasteiger partial charge in [0.2, 0.25) is 0 Å². The lowest BCUT2D eigenvalue weighted by atomic mass is 10.1. The SMILES string of the molecule is CC(=O)OC(CP(=O)(c1ccccc1)c1ccccc1)c1cccc(Cl)c1. The third-order valence-electron chi connectivity index (χ3n) is 4.30. The summed E-state index contributed by atoms with van der Waals surface area (Å²) in [5.41, 5.74) is 0.727. The van der Waals surface area contributed by atoms with Crippen LogP contribution in [0.5, 0.6) is 0 Å². The van der Waals surface area contributed by atoms with E-state index >= 15 is 0 Å². The molecule has 3 rings (SSSR count). The van der Waals surface area contributed by atoms with Crippen molar-refractivity contribution in [3.05, 3.63) is 95.5 Å². The van der Waals surface area contributed by atoms with Crippen molar-refractivity contribution >= 4 is 35.3 Å². The highest BCUT2D eigenvalue weighted by atomic mass is 35.5. The van der Waals surface area contributed by atoms with E-state index in [0.717, 1.165) is 16.2 Å². The molecule has 0 aromatic heterocycles. The molecular formula is C22H20ClO3P. The van der Waals surface area contributed by atoms with Crippen LogP contribution in [0.2, 0.25) is 5.02 Å². The first-order chi connectivity index (χ1) is 13.0. The monoisotopic (exact) mass is 398 g/mol. The highest BCUT2D eigenvalue weighted by Crippen LogP contribution is 2.47. The number of rotatable bonds is 6. The maximum Gasteiger partial charge on any atom is 0.303 e. The van der Waals surface area contributed by atoms with E-state index in [1.54, 1.807) is 18.2 Å². The molecule has 3 aromatic rings. The van der Waals surface area contributed by atoms with Crippen LogP contribution in [0.25, 0.3) is 0 Å². The zero-order valence-corrected chi connectivity index (χ0v) is 16.6. The highest BCUT2D eigenvalue weighted by molar-refractivity contribution is 7.78. The summed E-state index contributed by atoms with van der Waals surface area (Å²) in [5, 5.41) is 2.00. The van der Waals surface area contributed by atoms with Gasteiger partial charge in [0.15, 0.2) is 0 Å². The van der Waals surface area contributed by atoms with Crippen LogP contribution < -0.4 is 10.6 Å².